The molecule has 0 bridgehead atoms. The maximum absolute atomic E-state index is 4.79. The fourth-order valence-electron chi connectivity index (χ4n) is 0.0759. The van der Waals surface area contributed by atoms with E-state index in [1.54, 1.807) is 0 Å². The molecule has 0 aliphatic rings. The van der Waals surface area contributed by atoms with E-state index in [2.05, 4.69) is 14.8 Å². The number of rotatable bonds is 3. The molecule has 2 N–H and O–H groups in total. The predicted molar refractivity (Wildman–Crippen MR) is 18.2 cm³/mol. The van der Waals surface area contributed by atoms with Crippen molar-refractivity contribution < 1.29 is 14.8 Å². The topological polar surface area (TPSA) is 53.7 Å². The zero-order valence-corrected chi connectivity index (χ0v) is 3.51. The normalized spacial score (nSPS) is 9.00. The van der Waals surface area contributed by atoms with Crippen LogP contribution in [0.15, 0.2) is 0 Å². The molecule has 0 aromatic rings. The zero-order chi connectivity index (χ0) is 4.83. The summed E-state index contributed by atoms with van der Waals surface area (Å²) in [6.07, 6.45) is 0. The first-order valence-corrected chi connectivity index (χ1v) is 1.44. The summed E-state index contributed by atoms with van der Waals surface area (Å²) in [4.78, 5) is 8.02. The predicted octanol–water partition coefficient (Wildman–Crippen LogP) is -0.588. The minimum absolute atomic E-state index is 0.00778. The average Bonchev–Trinajstić information content (AvgIpc) is 1.61. The standard InChI is InChI=1S/C2H7NO3/c1-4-6-5-2-3/h2-3H2,1H3. The summed E-state index contributed by atoms with van der Waals surface area (Å²) in [5.74, 6) is 0. The van der Waals surface area contributed by atoms with Crippen LogP contribution in [0, 0.1) is 0 Å². The van der Waals surface area contributed by atoms with Crippen LogP contribution in [0.2, 0.25) is 0 Å². The zero-order valence-electron chi connectivity index (χ0n) is 3.51. The van der Waals surface area contributed by atoms with Crippen LogP contribution in [0.5, 0.6) is 0 Å². The lowest BCUT2D eigenvalue weighted by molar-refractivity contribution is -0.501. The molecule has 0 radical (unpaired) electrons. The van der Waals surface area contributed by atoms with E-state index >= 15 is 0 Å². The van der Waals surface area contributed by atoms with Crippen molar-refractivity contribution in [2.75, 3.05) is 13.8 Å². The quantitative estimate of drug-likeness (QED) is 0.219. The van der Waals surface area contributed by atoms with Crippen molar-refractivity contribution >= 4 is 0 Å². The van der Waals surface area contributed by atoms with Crippen LogP contribution in [-0.2, 0) is 14.8 Å². The van der Waals surface area contributed by atoms with Gasteiger partial charge >= 0.3 is 0 Å². The molecule has 0 aromatic carbocycles. The van der Waals surface area contributed by atoms with Crippen LogP contribution in [0.25, 0.3) is 0 Å². The molecular weight excluding hydrogens is 86.0 g/mol. The summed E-state index contributed by atoms with van der Waals surface area (Å²) < 4.78 is 0. The van der Waals surface area contributed by atoms with Crippen molar-refractivity contribution in [2.45, 2.75) is 0 Å². The highest BCUT2D eigenvalue weighted by molar-refractivity contribution is 3.83. The lowest BCUT2D eigenvalue weighted by atomic mass is 11.4. The molecule has 0 fully saturated rings. The second-order valence-corrected chi connectivity index (χ2v) is 0.519. The van der Waals surface area contributed by atoms with Crippen LogP contribution in [-0.4, -0.2) is 13.8 Å². The molecule has 38 valence electrons. The van der Waals surface area contributed by atoms with Crippen molar-refractivity contribution in [3.05, 3.63) is 0 Å². The molecular formula is C2H7NO3. The van der Waals surface area contributed by atoms with E-state index in [1.807, 2.05) is 0 Å². The monoisotopic (exact) mass is 93.0 g/mol. The molecule has 6 heavy (non-hydrogen) atoms. The van der Waals surface area contributed by atoms with Gasteiger partial charge in [0.25, 0.3) is 0 Å². The van der Waals surface area contributed by atoms with E-state index < -0.39 is 0 Å². The Bertz CT molecular complexity index is 20.8. The number of hydrogen-bond donors (Lipinski definition) is 1. The van der Waals surface area contributed by atoms with Crippen LogP contribution in [0.3, 0.4) is 0 Å². The lowest BCUT2D eigenvalue weighted by Crippen LogP contribution is -2.04. The van der Waals surface area contributed by atoms with Gasteiger partial charge in [-0.2, -0.15) is 4.89 Å². The van der Waals surface area contributed by atoms with Crippen molar-refractivity contribution in [1.82, 2.24) is 0 Å². The first kappa shape index (κ1) is 5.84. The van der Waals surface area contributed by atoms with Crippen LogP contribution >= 0.6 is 0 Å². The SMILES string of the molecule is COOOCN. The summed E-state index contributed by atoms with van der Waals surface area (Å²) in [6, 6.07) is 0. The second-order valence-electron chi connectivity index (χ2n) is 0.519. The van der Waals surface area contributed by atoms with Crippen molar-refractivity contribution in [2.24, 2.45) is 5.73 Å². The Morgan fingerprint density at radius 2 is 2.33 bits per heavy atom. The van der Waals surface area contributed by atoms with Crippen molar-refractivity contribution in [1.29, 1.82) is 0 Å². The van der Waals surface area contributed by atoms with E-state index in [1.165, 1.54) is 7.11 Å². The smallest absolute Gasteiger partial charge is 0.133 e. The molecule has 0 aliphatic heterocycles. The third kappa shape index (κ3) is 3.84. The molecule has 0 saturated carbocycles. The third-order valence-electron chi connectivity index (χ3n) is 0.184. The first-order valence-electron chi connectivity index (χ1n) is 1.44. The first-order chi connectivity index (χ1) is 2.91. The molecule has 0 aromatic heterocycles. The fraction of sp³-hybridized carbons (Fsp3) is 1.00. The van der Waals surface area contributed by atoms with Gasteiger partial charge in [-0.05, 0) is 0 Å². The molecule has 0 rings (SSSR count). The molecule has 0 unspecified atom stereocenters. The molecule has 0 saturated heterocycles. The maximum Gasteiger partial charge on any atom is 0.133 e. The van der Waals surface area contributed by atoms with E-state index in [0.29, 0.717) is 0 Å². The van der Waals surface area contributed by atoms with Gasteiger partial charge in [0.2, 0.25) is 0 Å². The highest BCUT2D eigenvalue weighted by Gasteiger charge is 1.72. The molecule has 0 spiro atoms. The van der Waals surface area contributed by atoms with Gasteiger partial charge in [0.05, 0.1) is 7.11 Å². The van der Waals surface area contributed by atoms with Gasteiger partial charge in [0, 0.05) is 0 Å². The van der Waals surface area contributed by atoms with Crippen LogP contribution in [0.1, 0.15) is 0 Å². The van der Waals surface area contributed by atoms with Gasteiger partial charge in [-0.15, -0.1) is 0 Å². The molecule has 4 nitrogen and oxygen atoms in total. The largest absolute Gasteiger partial charge is 0.306 e. The Morgan fingerprint density at radius 1 is 1.67 bits per heavy atom. The second kappa shape index (κ2) is 4.84. The summed E-state index contributed by atoms with van der Waals surface area (Å²) >= 11 is 0. The van der Waals surface area contributed by atoms with Gasteiger partial charge in [0.1, 0.15) is 6.73 Å². The molecule has 0 aliphatic carbocycles. The van der Waals surface area contributed by atoms with E-state index in [4.69, 9.17) is 5.73 Å². The van der Waals surface area contributed by atoms with E-state index in [-0.39, 0.29) is 6.73 Å². The summed E-state index contributed by atoms with van der Waals surface area (Å²) in [5, 5.41) is 3.86. The Balaban J connectivity index is 2.34. The Labute approximate surface area is 35.6 Å². The Hall–Kier alpha value is -0.160. The van der Waals surface area contributed by atoms with E-state index in [0.717, 1.165) is 0 Å². The summed E-state index contributed by atoms with van der Waals surface area (Å²) in [5.41, 5.74) is 4.79. The fourth-order valence-corrected chi connectivity index (χ4v) is 0.0759. The van der Waals surface area contributed by atoms with Gasteiger partial charge < -0.3 is 5.73 Å². The third-order valence-corrected chi connectivity index (χ3v) is 0.184. The molecule has 0 atom stereocenters. The minimum atomic E-state index is 0.00778. The number of nitrogens with two attached hydrogens (primary N) is 1. The summed E-state index contributed by atoms with van der Waals surface area (Å²) in [7, 11) is 1.33. The summed E-state index contributed by atoms with van der Waals surface area (Å²) in [6.45, 7) is 0.00778. The van der Waals surface area contributed by atoms with E-state index in [9.17, 15) is 0 Å². The lowest BCUT2D eigenvalue weighted by Gasteiger charge is -1.90. The highest BCUT2D eigenvalue weighted by atomic mass is 17.5. The molecule has 0 amide bonds. The average molecular weight is 93.1 g/mol. The van der Waals surface area contributed by atoms with Crippen LogP contribution in [0.4, 0.5) is 0 Å². The van der Waals surface area contributed by atoms with Gasteiger partial charge in [0.15, 0.2) is 0 Å². The van der Waals surface area contributed by atoms with Crippen molar-refractivity contribution in [3.63, 3.8) is 0 Å². The Morgan fingerprint density at radius 3 is 2.50 bits per heavy atom. The van der Waals surface area contributed by atoms with Gasteiger partial charge in [-0.25, -0.2) is 4.89 Å². The highest BCUT2D eigenvalue weighted by Crippen LogP contribution is 1.68. The number of hydrogen-bond acceptors (Lipinski definition) is 4. The Kier molecular flexibility index (Phi) is 4.71. The van der Waals surface area contributed by atoms with Gasteiger partial charge in [-0.3, -0.25) is 0 Å². The maximum atomic E-state index is 4.79. The van der Waals surface area contributed by atoms with Crippen molar-refractivity contribution in [3.8, 4) is 0 Å². The molecule has 0 heterocycles. The van der Waals surface area contributed by atoms with Gasteiger partial charge in [-0.1, -0.05) is 5.04 Å². The molecule has 4 heteroatoms. The van der Waals surface area contributed by atoms with Crippen LogP contribution < -0.4 is 5.73 Å². The minimum Gasteiger partial charge on any atom is -0.306 e.